The average Bonchev–Trinajstić information content (AvgIpc) is 3.28. The summed E-state index contributed by atoms with van der Waals surface area (Å²) in [7, 11) is 1.54. The van der Waals surface area contributed by atoms with Crippen LogP contribution in [0.25, 0.3) is 5.76 Å². The smallest absolute Gasteiger partial charge is 0.295 e. The molecule has 0 bridgehead atoms. The molecule has 1 fully saturated rings. The number of likely N-dealkylation sites (tertiary alicyclic amines) is 1. The maximum atomic E-state index is 13.0. The molecular formula is C25H27NO6. The third-order valence-electron chi connectivity index (χ3n) is 5.75. The van der Waals surface area contributed by atoms with E-state index in [0.717, 1.165) is 17.7 Å². The standard InChI is InChI=1S/C25H27NO6/c1-4-31-19-8-5-16(6-9-19)22-21(24(28)25(29)26(22)11-12-30-3)23(27)17-7-10-20-18(14-17)13-15(2)32-20/h5-10,14-15,22,27H,4,11-13H2,1-3H3. The number of fused-ring (bicyclic) bond motifs is 1. The summed E-state index contributed by atoms with van der Waals surface area (Å²) >= 11 is 0. The number of aliphatic hydroxyl groups is 1. The third kappa shape index (κ3) is 3.96. The van der Waals surface area contributed by atoms with E-state index in [-0.39, 0.29) is 30.6 Å². The van der Waals surface area contributed by atoms with Gasteiger partial charge in [0, 0.05) is 25.6 Å². The molecule has 1 saturated heterocycles. The molecule has 0 spiro atoms. The molecule has 2 unspecified atom stereocenters. The predicted octanol–water partition coefficient (Wildman–Crippen LogP) is 3.48. The second kappa shape index (κ2) is 9.04. The lowest BCUT2D eigenvalue weighted by Crippen LogP contribution is -2.32. The molecule has 2 heterocycles. The Morgan fingerprint density at radius 2 is 1.94 bits per heavy atom. The third-order valence-corrected chi connectivity index (χ3v) is 5.75. The Balaban J connectivity index is 1.79. The zero-order valence-corrected chi connectivity index (χ0v) is 18.5. The van der Waals surface area contributed by atoms with Crippen LogP contribution >= 0.6 is 0 Å². The van der Waals surface area contributed by atoms with Crippen molar-refractivity contribution in [2.24, 2.45) is 0 Å². The second-order valence-electron chi connectivity index (χ2n) is 7.94. The van der Waals surface area contributed by atoms with Gasteiger partial charge in [0.1, 0.15) is 23.4 Å². The van der Waals surface area contributed by atoms with Gasteiger partial charge in [-0.15, -0.1) is 0 Å². The monoisotopic (exact) mass is 437 g/mol. The maximum absolute atomic E-state index is 13.0. The van der Waals surface area contributed by atoms with Gasteiger partial charge >= 0.3 is 0 Å². The molecule has 32 heavy (non-hydrogen) atoms. The van der Waals surface area contributed by atoms with Crippen LogP contribution in [-0.2, 0) is 20.7 Å². The first-order valence-corrected chi connectivity index (χ1v) is 10.7. The minimum Gasteiger partial charge on any atom is -0.507 e. The number of methoxy groups -OCH3 is 1. The van der Waals surface area contributed by atoms with E-state index in [1.807, 2.05) is 32.0 Å². The lowest BCUT2D eigenvalue weighted by atomic mass is 9.94. The van der Waals surface area contributed by atoms with E-state index < -0.39 is 17.7 Å². The number of carbonyl (C=O) groups excluding carboxylic acids is 2. The predicted molar refractivity (Wildman–Crippen MR) is 119 cm³/mol. The lowest BCUT2D eigenvalue weighted by Gasteiger charge is -2.25. The van der Waals surface area contributed by atoms with Gasteiger partial charge in [-0.1, -0.05) is 12.1 Å². The summed E-state index contributed by atoms with van der Waals surface area (Å²) in [6.07, 6.45) is 0.784. The fraction of sp³-hybridized carbons (Fsp3) is 0.360. The van der Waals surface area contributed by atoms with Crippen molar-refractivity contribution in [3.63, 3.8) is 0 Å². The van der Waals surface area contributed by atoms with Crippen molar-refractivity contribution < 1.29 is 28.9 Å². The van der Waals surface area contributed by atoms with E-state index in [1.165, 1.54) is 12.0 Å². The van der Waals surface area contributed by atoms with E-state index in [1.54, 1.807) is 24.3 Å². The van der Waals surface area contributed by atoms with E-state index in [9.17, 15) is 14.7 Å². The van der Waals surface area contributed by atoms with E-state index in [2.05, 4.69) is 0 Å². The zero-order chi connectivity index (χ0) is 22.8. The fourth-order valence-corrected chi connectivity index (χ4v) is 4.28. The highest BCUT2D eigenvalue weighted by Crippen LogP contribution is 2.40. The van der Waals surface area contributed by atoms with Crippen LogP contribution in [0.2, 0.25) is 0 Å². The highest BCUT2D eigenvalue weighted by Gasteiger charge is 2.46. The van der Waals surface area contributed by atoms with Crippen LogP contribution < -0.4 is 9.47 Å². The Kier molecular flexibility index (Phi) is 6.19. The van der Waals surface area contributed by atoms with Crippen molar-refractivity contribution in [1.82, 2.24) is 4.90 Å². The lowest BCUT2D eigenvalue weighted by molar-refractivity contribution is -0.140. The normalized spacial score (nSPS) is 21.5. The van der Waals surface area contributed by atoms with E-state index in [0.29, 0.717) is 23.5 Å². The first-order valence-electron chi connectivity index (χ1n) is 10.7. The Bertz CT molecular complexity index is 1060. The van der Waals surface area contributed by atoms with E-state index >= 15 is 0 Å². The van der Waals surface area contributed by atoms with Crippen LogP contribution in [0.4, 0.5) is 0 Å². The van der Waals surface area contributed by atoms with Crippen LogP contribution in [0.1, 0.15) is 36.6 Å². The molecule has 7 nitrogen and oxygen atoms in total. The van der Waals surface area contributed by atoms with Crippen LogP contribution in [0, 0.1) is 0 Å². The topological polar surface area (TPSA) is 85.3 Å². The van der Waals surface area contributed by atoms with Crippen LogP contribution in [-0.4, -0.2) is 54.7 Å². The maximum Gasteiger partial charge on any atom is 0.295 e. The summed E-state index contributed by atoms with van der Waals surface area (Å²) in [5, 5.41) is 11.2. The number of ether oxygens (including phenoxy) is 3. The number of Topliss-reactive ketones (excluding diaryl/α,β-unsaturated/α-hetero) is 1. The van der Waals surface area contributed by atoms with Gasteiger partial charge in [-0.05, 0) is 55.3 Å². The molecule has 4 rings (SSSR count). The quantitative estimate of drug-likeness (QED) is 0.406. The molecule has 2 aromatic rings. The molecule has 0 aromatic heterocycles. The number of hydrogen-bond donors (Lipinski definition) is 1. The van der Waals surface area contributed by atoms with Gasteiger partial charge in [0.2, 0.25) is 0 Å². The number of nitrogens with zero attached hydrogens (tertiary/aromatic N) is 1. The molecule has 2 aromatic carbocycles. The highest BCUT2D eigenvalue weighted by molar-refractivity contribution is 6.46. The first kappa shape index (κ1) is 21.9. The van der Waals surface area contributed by atoms with Gasteiger partial charge in [-0.25, -0.2) is 0 Å². The summed E-state index contributed by atoms with van der Waals surface area (Å²) in [5.41, 5.74) is 2.24. The minimum absolute atomic E-state index is 0.0610. The van der Waals surface area contributed by atoms with Gasteiger partial charge in [0.15, 0.2) is 0 Å². The summed E-state index contributed by atoms with van der Waals surface area (Å²) < 4.78 is 16.4. The molecule has 7 heteroatoms. The fourth-order valence-electron chi connectivity index (χ4n) is 4.28. The molecule has 1 amide bonds. The molecular weight excluding hydrogens is 410 g/mol. The SMILES string of the molecule is CCOc1ccc(C2C(=C(O)c3ccc4c(c3)CC(C)O4)C(=O)C(=O)N2CCOC)cc1. The number of amides is 1. The summed E-state index contributed by atoms with van der Waals surface area (Å²) in [4.78, 5) is 27.4. The Morgan fingerprint density at radius 3 is 2.62 bits per heavy atom. The van der Waals surface area contributed by atoms with Crippen LogP contribution in [0.15, 0.2) is 48.0 Å². The second-order valence-corrected chi connectivity index (χ2v) is 7.94. The number of ketones is 1. The molecule has 2 aliphatic heterocycles. The summed E-state index contributed by atoms with van der Waals surface area (Å²) in [6.45, 7) is 4.91. The number of rotatable bonds is 7. The average molecular weight is 437 g/mol. The Labute approximate surface area is 187 Å². The summed E-state index contributed by atoms with van der Waals surface area (Å²) in [6, 6.07) is 11.8. The van der Waals surface area contributed by atoms with E-state index in [4.69, 9.17) is 14.2 Å². The van der Waals surface area contributed by atoms with Gasteiger partial charge in [0.05, 0.1) is 24.8 Å². The van der Waals surface area contributed by atoms with Gasteiger partial charge in [-0.2, -0.15) is 0 Å². The van der Waals surface area contributed by atoms with Crippen molar-refractivity contribution in [2.45, 2.75) is 32.4 Å². The van der Waals surface area contributed by atoms with Crippen molar-refractivity contribution in [3.8, 4) is 11.5 Å². The highest BCUT2D eigenvalue weighted by atomic mass is 16.5. The molecule has 0 radical (unpaired) electrons. The molecule has 1 N–H and O–H groups in total. The number of hydrogen-bond acceptors (Lipinski definition) is 6. The largest absolute Gasteiger partial charge is 0.507 e. The number of carbonyl (C=O) groups is 2. The van der Waals surface area contributed by atoms with Crippen LogP contribution in [0.3, 0.4) is 0 Å². The Hall–Kier alpha value is -3.32. The van der Waals surface area contributed by atoms with Crippen LogP contribution in [0.5, 0.6) is 11.5 Å². The molecule has 0 saturated carbocycles. The van der Waals surface area contributed by atoms with Crippen molar-refractivity contribution in [3.05, 3.63) is 64.7 Å². The minimum atomic E-state index is -0.718. The van der Waals surface area contributed by atoms with Crippen molar-refractivity contribution >= 4 is 17.4 Å². The van der Waals surface area contributed by atoms with Gasteiger partial charge in [0.25, 0.3) is 11.7 Å². The molecule has 168 valence electrons. The van der Waals surface area contributed by atoms with Gasteiger partial charge in [-0.3, -0.25) is 9.59 Å². The zero-order valence-electron chi connectivity index (χ0n) is 18.5. The van der Waals surface area contributed by atoms with Gasteiger partial charge < -0.3 is 24.2 Å². The number of aliphatic hydroxyl groups excluding tert-OH is 1. The number of benzene rings is 2. The van der Waals surface area contributed by atoms with Crippen molar-refractivity contribution in [2.75, 3.05) is 26.9 Å². The summed E-state index contributed by atoms with van der Waals surface area (Å²) in [5.74, 6) is -0.0804. The first-order chi connectivity index (χ1) is 15.4. The van der Waals surface area contributed by atoms with Crippen molar-refractivity contribution in [1.29, 1.82) is 0 Å². The Morgan fingerprint density at radius 1 is 1.19 bits per heavy atom. The molecule has 0 aliphatic carbocycles. The molecule has 2 atom stereocenters. The molecule has 2 aliphatic rings.